The van der Waals surface area contributed by atoms with Gasteiger partial charge in [-0.25, -0.2) is 4.39 Å². The van der Waals surface area contributed by atoms with E-state index < -0.39 is 17.8 Å². The molecule has 0 aromatic heterocycles. The lowest BCUT2D eigenvalue weighted by molar-refractivity contribution is -0.139. The van der Waals surface area contributed by atoms with Gasteiger partial charge in [-0.05, 0) is 18.2 Å². The highest BCUT2D eigenvalue weighted by Gasteiger charge is 2.25. The van der Waals surface area contributed by atoms with E-state index in [1.807, 2.05) is 0 Å². The van der Waals surface area contributed by atoms with Gasteiger partial charge in [-0.3, -0.25) is 9.59 Å². The number of amides is 1. The Kier molecular flexibility index (Phi) is 3.57. The van der Waals surface area contributed by atoms with Gasteiger partial charge in [0.2, 0.25) is 5.91 Å². The van der Waals surface area contributed by atoms with E-state index in [4.69, 9.17) is 10.5 Å². The standard InChI is InChI=1S/C12H13FN2O3/c13-9-2-1-7(11(14)16)5-8(9)6-15-10-3-4-18-12(10)17/h1-2,5,10,15H,3-4,6H2,(H2,14,16). The highest BCUT2D eigenvalue weighted by Crippen LogP contribution is 2.12. The molecule has 0 bridgehead atoms. The fourth-order valence-electron chi connectivity index (χ4n) is 1.78. The Labute approximate surface area is 103 Å². The van der Waals surface area contributed by atoms with Gasteiger partial charge >= 0.3 is 5.97 Å². The van der Waals surface area contributed by atoms with Crippen LogP contribution >= 0.6 is 0 Å². The van der Waals surface area contributed by atoms with Crippen molar-refractivity contribution in [1.82, 2.24) is 5.32 Å². The first kappa shape index (κ1) is 12.5. The zero-order valence-electron chi connectivity index (χ0n) is 9.61. The summed E-state index contributed by atoms with van der Waals surface area (Å²) in [7, 11) is 0. The SMILES string of the molecule is NC(=O)c1ccc(F)c(CNC2CCOC2=O)c1. The number of halogens is 1. The monoisotopic (exact) mass is 252 g/mol. The fourth-order valence-corrected chi connectivity index (χ4v) is 1.78. The van der Waals surface area contributed by atoms with Crippen LogP contribution in [-0.4, -0.2) is 24.5 Å². The Balaban J connectivity index is 2.06. The number of primary amides is 1. The lowest BCUT2D eigenvalue weighted by Crippen LogP contribution is -2.32. The molecule has 5 nitrogen and oxygen atoms in total. The number of cyclic esters (lactones) is 1. The highest BCUT2D eigenvalue weighted by atomic mass is 19.1. The van der Waals surface area contributed by atoms with Gasteiger partial charge in [-0.15, -0.1) is 0 Å². The first-order chi connectivity index (χ1) is 8.58. The summed E-state index contributed by atoms with van der Waals surface area (Å²) in [6, 6.07) is 3.47. The van der Waals surface area contributed by atoms with Crippen molar-refractivity contribution >= 4 is 11.9 Å². The molecule has 0 saturated carbocycles. The van der Waals surface area contributed by atoms with E-state index in [2.05, 4.69) is 5.32 Å². The second-order valence-corrected chi connectivity index (χ2v) is 4.06. The van der Waals surface area contributed by atoms with Crippen LogP contribution < -0.4 is 11.1 Å². The largest absolute Gasteiger partial charge is 0.464 e. The molecule has 96 valence electrons. The summed E-state index contributed by atoms with van der Waals surface area (Å²) in [4.78, 5) is 22.2. The van der Waals surface area contributed by atoms with Gasteiger partial charge in [0, 0.05) is 24.1 Å². The summed E-state index contributed by atoms with van der Waals surface area (Å²) >= 11 is 0. The van der Waals surface area contributed by atoms with E-state index in [0.717, 1.165) is 0 Å². The average molecular weight is 252 g/mol. The Morgan fingerprint density at radius 2 is 2.33 bits per heavy atom. The minimum Gasteiger partial charge on any atom is -0.464 e. The summed E-state index contributed by atoms with van der Waals surface area (Å²) in [5, 5.41) is 2.89. The van der Waals surface area contributed by atoms with Gasteiger partial charge in [-0.2, -0.15) is 0 Å². The van der Waals surface area contributed by atoms with Crippen molar-refractivity contribution in [2.24, 2.45) is 5.73 Å². The quantitative estimate of drug-likeness (QED) is 0.757. The maximum atomic E-state index is 13.5. The summed E-state index contributed by atoms with van der Waals surface area (Å²) in [6.45, 7) is 0.521. The minimum absolute atomic E-state index is 0.146. The highest BCUT2D eigenvalue weighted by molar-refractivity contribution is 5.92. The molecule has 6 heteroatoms. The predicted molar refractivity (Wildman–Crippen MR) is 61.1 cm³/mol. The molecule has 0 spiro atoms. The minimum atomic E-state index is -0.614. The molecular formula is C12H13FN2O3. The molecule has 0 aliphatic carbocycles. The molecule has 1 saturated heterocycles. The number of benzene rings is 1. The molecule has 1 heterocycles. The number of ether oxygens (including phenoxy) is 1. The predicted octanol–water partition coefficient (Wildman–Crippen LogP) is 0.330. The van der Waals surface area contributed by atoms with Crippen LogP contribution in [0.1, 0.15) is 22.3 Å². The second-order valence-electron chi connectivity index (χ2n) is 4.06. The molecule has 2 rings (SSSR count). The normalized spacial score (nSPS) is 18.7. The van der Waals surface area contributed by atoms with Crippen molar-refractivity contribution in [3.8, 4) is 0 Å². The maximum Gasteiger partial charge on any atom is 0.323 e. The van der Waals surface area contributed by atoms with Crippen molar-refractivity contribution in [3.63, 3.8) is 0 Å². The topological polar surface area (TPSA) is 81.4 Å². The molecule has 1 amide bonds. The molecule has 1 aliphatic rings. The number of esters is 1. The van der Waals surface area contributed by atoms with Crippen LogP contribution in [0.4, 0.5) is 4.39 Å². The first-order valence-corrected chi connectivity index (χ1v) is 5.56. The Hall–Kier alpha value is -1.95. The van der Waals surface area contributed by atoms with E-state index in [-0.39, 0.29) is 18.1 Å². The average Bonchev–Trinajstić information content (AvgIpc) is 2.73. The van der Waals surface area contributed by atoms with Crippen LogP contribution in [0.25, 0.3) is 0 Å². The van der Waals surface area contributed by atoms with Crippen molar-refractivity contribution in [2.45, 2.75) is 19.0 Å². The number of hydrogen-bond acceptors (Lipinski definition) is 4. The number of hydrogen-bond donors (Lipinski definition) is 2. The number of nitrogens with two attached hydrogens (primary N) is 1. The van der Waals surface area contributed by atoms with Gasteiger partial charge in [0.05, 0.1) is 6.61 Å². The lowest BCUT2D eigenvalue weighted by atomic mass is 10.1. The van der Waals surface area contributed by atoms with Crippen LogP contribution in [0, 0.1) is 5.82 Å². The molecule has 3 N–H and O–H groups in total. The summed E-state index contributed by atoms with van der Waals surface area (Å²) in [6.07, 6.45) is 0.565. The first-order valence-electron chi connectivity index (χ1n) is 5.56. The van der Waals surface area contributed by atoms with Crippen LogP contribution in [-0.2, 0) is 16.1 Å². The number of rotatable bonds is 4. The third kappa shape index (κ3) is 2.65. The zero-order chi connectivity index (χ0) is 13.1. The van der Waals surface area contributed by atoms with Crippen molar-refractivity contribution in [2.75, 3.05) is 6.61 Å². The molecule has 1 aromatic rings. The van der Waals surface area contributed by atoms with Gasteiger partial charge in [0.25, 0.3) is 0 Å². The van der Waals surface area contributed by atoms with Crippen LogP contribution in [0.5, 0.6) is 0 Å². The fraction of sp³-hybridized carbons (Fsp3) is 0.333. The van der Waals surface area contributed by atoms with Gasteiger partial charge in [0.15, 0.2) is 0 Å². The molecule has 1 unspecified atom stereocenters. The van der Waals surface area contributed by atoms with Gasteiger partial charge in [-0.1, -0.05) is 0 Å². The molecule has 18 heavy (non-hydrogen) atoms. The summed E-state index contributed by atoms with van der Waals surface area (Å²) in [5.41, 5.74) is 5.65. The van der Waals surface area contributed by atoms with E-state index in [1.54, 1.807) is 0 Å². The summed E-state index contributed by atoms with van der Waals surface area (Å²) in [5.74, 6) is -1.39. The lowest BCUT2D eigenvalue weighted by Gasteiger charge is -2.10. The Morgan fingerprint density at radius 1 is 1.56 bits per heavy atom. The van der Waals surface area contributed by atoms with E-state index in [0.29, 0.717) is 18.6 Å². The smallest absolute Gasteiger partial charge is 0.323 e. The maximum absolute atomic E-state index is 13.5. The summed E-state index contributed by atoms with van der Waals surface area (Å²) < 4.78 is 18.3. The zero-order valence-corrected chi connectivity index (χ0v) is 9.61. The molecule has 1 fully saturated rings. The van der Waals surface area contributed by atoms with Crippen LogP contribution in [0.2, 0.25) is 0 Å². The van der Waals surface area contributed by atoms with Crippen molar-refractivity contribution in [1.29, 1.82) is 0 Å². The molecule has 1 atom stereocenters. The van der Waals surface area contributed by atoms with E-state index in [1.165, 1.54) is 18.2 Å². The number of nitrogens with one attached hydrogen (secondary N) is 1. The van der Waals surface area contributed by atoms with E-state index >= 15 is 0 Å². The van der Waals surface area contributed by atoms with Crippen LogP contribution in [0.15, 0.2) is 18.2 Å². The number of carbonyl (C=O) groups excluding carboxylic acids is 2. The Morgan fingerprint density at radius 3 is 2.94 bits per heavy atom. The third-order valence-electron chi connectivity index (χ3n) is 2.80. The van der Waals surface area contributed by atoms with Gasteiger partial charge < -0.3 is 15.8 Å². The Bertz CT molecular complexity index is 490. The molecule has 1 aliphatic heterocycles. The van der Waals surface area contributed by atoms with E-state index in [9.17, 15) is 14.0 Å². The second kappa shape index (κ2) is 5.14. The molecule has 1 aromatic carbocycles. The van der Waals surface area contributed by atoms with Crippen molar-refractivity contribution in [3.05, 3.63) is 35.1 Å². The molecule has 0 radical (unpaired) electrons. The van der Waals surface area contributed by atoms with Gasteiger partial charge in [0.1, 0.15) is 11.9 Å². The number of carbonyl (C=O) groups is 2. The molecular weight excluding hydrogens is 239 g/mol. The van der Waals surface area contributed by atoms with Crippen molar-refractivity contribution < 1.29 is 18.7 Å². The third-order valence-corrected chi connectivity index (χ3v) is 2.80. The van der Waals surface area contributed by atoms with Crippen LogP contribution in [0.3, 0.4) is 0 Å².